The largest absolute Gasteiger partial charge is 0.508 e. The number of benzene rings is 1. The van der Waals surface area contributed by atoms with Crippen LogP contribution in [0.3, 0.4) is 0 Å². The minimum Gasteiger partial charge on any atom is -0.508 e. The minimum absolute atomic E-state index is 0.0640. The summed E-state index contributed by atoms with van der Waals surface area (Å²) in [7, 11) is 0. The zero-order valence-corrected chi connectivity index (χ0v) is 10.8. The van der Waals surface area contributed by atoms with E-state index in [0.717, 1.165) is 5.56 Å². The fourth-order valence-corrected chi connectivity index (χ4v) is 2.92. The summed E-state index contributed by atoms with van der Waals surface area (Å²) in [5.41, 5.74) is 0.793. The zero-order valence-electron chi connectivity index (χ0n) is 9.21. The van der Waals surface area contributed by atoms with Crippen LogP contribution in [0.4, 0.5) is 0 Å². The van der Waals surface area contributed by atoms with Crippen LogP contribution in [0.1, 0.15) is 12.5 Å². The molecule has 1 aliphatic heterocycles. The van der Waals surface area contributed by atoms with Gasteiger partial charge >= 0.3 is 0 Å². The molecule has 0 spiro atoms. The molecule has 1 N–H and O–H groups in total. The zero-order chi connectivity index (χ0) is 12.4. The van der Waals surface area contributed by atoms with Gasteiger partial charge in [0, 0.05) is 6.54 Å². The first-order chi connectivity index (χ1) is 8.11. The van der Waals surface area contributed by atoms with Crippen molar-refractivity contribution < 1.29 is 9.90 Å². The molecule has 1 aromatic carbocycles. The maximum Gasteiger partial charge on any atom is 0.266 e. The van der Waals surface area contributed by atoms with E-state index in [9.17, 15) is 9.90 Å². The van der Waals surface area contributed by atoms with E-state index >= 15 is 0 Å². The van der Waals surface area contributed by atoms with Crippen LogP contribution < -0.4 is 0 Å². The average Bonchev–Trinajstić information content (AvgIpc) is 2.54. The first-order valence-corrected chi connectivity index (χ1v) is 6.38. The molecule has 1 aromatic rings. The van der Waals surface area contributed by atoms with Crippen molar-refractivity contribution in [2.45, 2.75) is 6.92 Å². The normalized spacial score (nSPS) is 18.2. The van der Waals surface area contributed by atoms with Gasteiger partial charge in [0.05, 0.1) is 4.91 Å². The van der Waals surface area contributed by atoms with Crippen LogP contribution >= 0.6 is 24.0 Å². The molecule has 0 atom stereocenters. The van der Waals surface area contributed by atoms with Gasteiger partial charge < -0.3 is 5.11 Å². The Labute approximate surface area is 109 Å². The van der Waals surface area contributed by atoms with Gasteiger partial charge in [-0.3, -0.25) is 9.69 Å². The van der Waals surface area contributed by atoms with Crippen molar-refractivity contribution in [3.05, 3.63) is 34.7 Å². The second-order valence-electron chi connectivity index (χ2n) is 3.52. The predicted molar refractivity (Wildman–Crippen MR) is 73.7 cm³/mol. The monoisotopic (exact) mass is 265 g/mol. The molecule has 17 heavy (non-hydrogen) atoms. The second kappa shape index (κ2) is 4.89. The average molecular weight is 265 g/mol. The number of carbonyl (C=O) groups is 1. The number of carbonyl (C=O) groups excluding carboxylic acids is 1. The van der Waals surface area contributed by atoms with Gasteiger partial charge in [-0.2, -0.15) is 0 Å². The van der Waals surface area contributed by atoms with Gasteiger partial charge in [0.15, 0.2) is 0 Å². The molecule has 88 valence electrons. The highest BCUT2D eigenvalue weighted by atomic mass is 32.2. The Morgan fingerprint density at radius 3 is 2.88 bits per heavy atom. The summed E-state index contributed by atoms with van der Waals surface area (Å²) in [6, 6.07) is 6.77. The number of phenolic OH excluding ortho intramolecular Hbond substituents is 1. The molecule has 1 aliphatic rings. The first kappa shape index (κ1) is 12.1. The van der Waals surface area contributed by atoms with Crippen LogP contribution in [0.2, 0.25) is 0 Å². The fraction of sp³-hybridized carbons (Fsp3) is 0.167. The Morgan fingerprint density at radius 1 is 1.53 bits per heavy atom. The van der Waals surface area contributed by atoms with Crippen LogP contribution in [0.5, 0.6) is 5.75 Å². The van der Waals surface area contributed by atoms with E-state index in [4.69, 9.17) is 12.2 Å². The highest BCUT2D eigenvalue weighted by Gasteiger charge is 2.30. The predicted octanol–water partition coefficient (Wildman–Crippen LogP) is 2.61. The Balaban J connectivity index is 2.30. The van der Waals surface area contributed by atoms with E-state index in [1.807, 2.05) is 13.0 Å². The molecule has 1 saturated heterocycles. The molecular weight excluding hydrogens is 254 g/mol. The van der Waals surface area contributed by atoms with Gasteiger partial charge in [0.25, 0.3) is 5.91 Å². The molecular formula is C12H11NO2S2. The van der Waals surface area contributed by atoms with Crippen LogP contribution in [0.15, 0.2) is 29.2 Å². The van der Waals surface area contributed by atoms with Crippen LogP contribution in [0, 0.1) is 0 Å². The third-order valence-corrected chi connectivity index (χ3v) is 3.74. The van der Waals surface area contributed by atoms with Gasteiger partial charge in [0.2, 0.25) is 0 Å². The number of amides is 1. The lowest BCUT2D eigenvalue weighted by Crippen LogP contribution is -2.27. The molecule has 2 rings (SSSR count). The summed E-state index contributed by atoms with van der Waals surface area (Å²) in [4.78, 5) is 14.1. The Morgan fingerprint density at radius 2 is 2.29 bits per heavy atom. The fourth-order valence-electron chi connectivity index (χ4n) is 1.54. The van der Waals surface area contributed by atoms with Gasteiger partial charge in [-0.05, 0) is 30.7 Å². The molecule has 1 amide bonds. The molecule has 3 nitrogen and oxygen atoms in total. The number of phenols is 1. The van der Waals surface area contributed by atoms with Crippen molar-refractivity contribution in [2.75, 3.05) is 6.54 Å². The smallest absolute Gasteiger partial charge is 0.266 e. The van der Waals surface area contributed by atoms with Crippen molar-refractivity contribution in [3.63, 3.8) is 0 Å². The van der Waals surface area contributed by atoms with E-state index in [1.54, 1.807) is 29.2 Å². The Kier molecular flexibility index (Phi) is 3.49. The molecule has 0 bridgehead atoms. The van der Waals surface area contributed by atoms with E-state index in [0.29, 0.717) is 15.8 Å². The highest BCUT2D eigenvalue weighted by molar-refractivity contribution is 8.26. The minimum atomic E-state index is -0.0640. The Hall–Kier alpha value is -1.33. The molecule has 1 fully saturated rings. The molecule has 0 unspecified atom stereocenters. The van der Waals surface area contributed by atoms with E-state index in [1.165, 1.54) is 11.8 Å². The van der Waals surface area contributed by atoms with E-state index < -0.39 is 0 Å². The third kappa shape index (κ3) is 2.50. The number of hydrogen-bond acceptors (Lipinski definition) is 4. The SMILES string of the molecule is CCN1C(=O)/C(=C\c2cccc(O)c2)SC1=S. The number of likely N-dealkylation sites (N-methyl/N-ethyl adjacent to an activating group) is 1. The summed E-state index contributed by atoms with van der Waals surface area (Å²) >= 11 is 6.41. The quantitative estimate of drug-likeness (QED) is 0.659. The van der Waals surface area contributed by atoms with Crippen molar-refractivity contribution in [3.8, 4) is 5.75 Å². The topological polar surface area (TPSA) is 40.5 Å². The number of thioether (sulfide) groups is 1. The molecule has 1 heterocycles. The molecule has 0 aromatic heterocycles. The lowest BCUT2D eigenvalue weighted by molar-refractivity contribution is -0.121. The number of hydrogen-bond donors (Lipinski definition) is 1. The van der Waals surface area contributed by atoms with Crippen molar-refractivity contribution in [1.29, 1.82) is 0 Å². The molecule has 0 aliphatic carbocycles. The maximum absolute atomic E-state index is 11.9. The number of nitrogens with zero attached hydrogens (tertiary/aromatic N) is 1. The van der Waals surface area contributed by atoms with Gasteiger partial charge in [-0.15, -0.1) is 0 Å². The number of aromatic hydroxyl groups is 1. The van der Waals surface area contributed by atoms with Gasteiger partial charge in [-0.1, -0.05) is 36.1 Å². The summed E-state index contributed by atoms with van der Waals surface area (Å²) in [5, 5.41) is 9.35. The number of rotatable bonds is 2. The molecule has 5 heteroatoms. The number of thiocarbonyl (C=S) groups is 1. The van der Waals surface area contributed by atoms with Gasteiger partial charge in [0.1, 0.15) is 10.1 Å². The summed E-state index contributed by atoms with van der Waals surface area (Å²) in [6.45, 7) is 2.48. The summed E-state index contributed by atoms with van der Waals surface area (Å²) < 4.78 is 0.587. The summed E-state index contributed by atoms with van der Waals surface area (Å²) in [6.07, 6.45) is 1.74. The van der Waals surface area contributed by atoms with E-state index in [-0.39, 0.29) is 11.7 Å². The van der Waals surface area contributed by atoms with Crippen molar-refractivity contribution in [2.24, 2.45) is 0 Å². The molecule has 0 radical (unpaired) electrons. The van der Waals surface area contributed by atoms with Gasteiger partial charge in [-0.25, -0.2) is 0 Å². The van der Waals surface area contributed by atoms with E-state index in [2.05, 4.69) is 0 Å². The highest BCUT2D eigenvalue weighted by Crippen LogP contribution is 2.32. The lowest BCUT2D eigenvalue weighted by Gasteiger charge is -2.09. The maximum atomic E-state index is 11.9. The van der Waals surface area contributed by atoms with Crippen LogP contribution in [0.25, 0.3) is 6.08 Å². The van der Waals surface area contributed by atoms with Crippen LogP contribution in [-0.4, -0.2) is 26.8 Å². The second-order valence-corrected chi connectivity index (χ2v) is 5.20. The lowest BCUT2D eigenvalue weighted by atomic mass is 10.2. The standard InChI is InChI=1S/C12H11NO2S2/c1-2-13-11(15)10(17-12(13)16)7-8-4-3-5-9(14)6-8/h3-7,14H,2H2,1H3/b10-7+. The summed E-state index contributed by atoms with van der Waals surface area (Å²) in [5.74, 6) is 0.121. The van der Waals surface area contributed by atoms with Crippen molar-refractivity contribution in [1.82, 2.24) is 4.90 Å². The Bertz CT molecular complexity index is 511. The molecule has 0 saturated carbocycles. The van der Waals surface area contributed by atoms with Crippen LogP contribution in [-0.2, 0) is 4.79 Å². The van der Waals surface area contributed by atoms with Crippen molar-refractivity contribution >= 4 is 40.3 Å². The third-order valence-electron chi connectivity index (χ3n) is 2.36. The first-order valence-electron chi connectivity index (χ1n) is 5.16.